The van der Waals surface area contributed by atoms with Gasteiger partial charge in [-0.1, -0.05) is 49.7 Å². The van der Waals surface area contributed by atoms with Crippen molar-refractivity contribution >= 4 is 17.3 Å². The molecule has 0 aliphatic rings. The number of quaternary nitrogens is 1. The van der Waals surface area contributed by atoms with Crippen molar-refractivity contribution in [2.45, 2.75) is 45.7 Å². The highest BCUT2D eigenvalue weighted by Crippen LogP contribution is 2.26. The van der Waals surface area contributed by atoms with Gasteiger partial charge in [0, 0.05) is 11.6 Å². The van der Waals surface area contributed by atoms with Crippen molar-refractivity contribution in [2.24, 2.45) is 0 Å². The Morgan fingerprint density at radius 1 is 1.23 bits per heavy atom. The number of rotatable bonds is 8. The normalized spacial score (nSPS) is 13.0. The maximum absolute atomic E-state index is 12.9. The number of amides is 1. The molecule has 0 radical (unpaired) electrons. The molecule has 0 fully saturated rings. The van der Waals surface area contributed by atoms with E-state index in [0.29, 0.717) is 0 Å². The molecule has 6 heteroatoms. The summed E-state index contributed by atoms with van der Waals surface area (Å²) in [6.07, 6.45) is 2.02. The van der Waals surface area contributed by atoms with Crippen molar-refractivity contribution in [3.05, 3.63) is 69.8 Å². The summed E-state index contributed by atoms with van der Waals surface area (Å²) in [4.78, 5) is 23.8. The third-order valence-corrected chi connectivity index (χ3v) is 4.31. The highest BCUT2D eigenvalue weighted by molar-refractivity contribution is 5.96. The molecule has 2 rings (SSSR count). The van der Waals surface area contributed by atoms with Gasteiger partial charge in [0.2, 0.25) is 0 Å². The number of hydrogen-bond donors (Lipinski definition) is 2. The molecule has 0 aliphatic carbocycles. The summed E-state index contributed by atoms with van der Waals surface area (Å²) in [5.41, 5.74) is 1.79. The molecule has 2 aromatic rings. The number of aryl methyl sites for hydroxylation is 1. The molecule has 2 aromatic carbocycles. The van der Waals surface area contributed by atoms with E-state index in [1.807, 2.05) is 35.6 Å². The van der Waals surface area contributed by atoms with E-state index < -0.39 is 11.0 Å². The highest BCUT2D eigenvalue weighted by Gasteiger charge is 2.28. The number of nitro groups is 1. The fourth-order valence-electron chi connectivity index (χ4n) is 3.00. The van der Waals surface area contributed by atoms with Crippen LogP contribution in [0.4, 0.5) is 11.4 Å². The van der Waals surface area contributed by atoms with Gasteiger partial charge in [-0.05, 0) is 31.9 Å². The van der Waals surface area contributed by atoms with Gasteiger partial charge in [-0.3, -0.25) is 14.9 Å². The van der Waals surface area contributed by atoms with E-state index in [0.717, 1.165) is 24.0 Å². The minimum absolute atomic E-state index is 0.0910. The second-order valence-electron chi connectivity index (χ2n) is 6.61. The van der Waals surface area contributed by atoms with Gasteiger partial charge in [-0.2, -0.15) is 0 Å². The van der Waals surface area contributed by atoms with E-state index in [1.54, 1.807) is 19.1 Å². The Balaban J connectivity index is 2.28. The number of nitrogens with zero attached hydrogens (tertiary/aromatic N) is 1. The van der Waals surface area contributed by atoms with Gasteiger partial charge in [0.25, 0.3) is 11.6 Å². The van der Waals surface area contributed by atoms with E-state index in [1.165, 1.54) is 6.07 Å². The van der Waals surface area contributed by atoms with Crippen LogP contribution >= 0.6 is 0 Å². The van der Waals surface area contributed by atoms with Gasteiger partial charge in [-0.15, -0.1) is 0 Å². The molecule has 0 saturated heterocycles. The van der Waals surface area contributed by atoms with Crippen LogP contribution in [0.3, 0.4) is 0 Å². The third-order valence-electron chi connectivity index (χ3n) is 4.31. The fraction of sp³-hybridized carbons (Fsp3) is 0.350. The molecular weight excluding hydrogens is 330 g/mol. The fourth-order valence-corrected chi connectivity index (χ4v) is 3.00. The number of nitrogens with two attached hydrogens (primary N) is 1. The number of nitrogens with one attached hydrogen (secondary N) is 1. The Morgan fingerprint density at radius 2 is 1.92 bits per heavy atom. The third kappa shape index (κ3) is 5.13. The summed E-state index contributed by atoms with van der Waals surface area (Å²) in [6, 6.07) is 14.1. The lowest BCUT2D eigenvalue weighted by atomic mass is 10.0. The van der Waals surface area contributed by atoms with Crippen LogP contribution in [0.15, 0.2) is 48.5 Å². The molecule has 0 aromatic heterocycles. The number of hydrogen-bond acceptors (Lipinski definition) is 3. The molecule has 26 heavy (non-hydrogen) atoms. The maximum atomic E-state index is 12.9. The second-order valence-corrected chi connectivity index (χ2v) is 6.61. The van der Waals surface area contributed by atoms with Crippen LogP contribution in [0.5, 0.6) is 0 Å². The first-order valence-corrected chi connectivity index (χ1v) is 8.88. The number of nitro benzene ring substituents is 1. The Labute approximate surface area is 153 Å². The summed E-state index contributed by atoms with van der Waals surface area (Å²) in [5.74, 6) is -0.258. The number of anilines is 1. The lowest BCUT2D eigenvalue weighted by molar-refractivity contribution is -0.712. The van der Waals surface area contributed by atoms with E-state index >= 15 is 0 Å². The zero-order chi connectivity index (χ0) is 19.1. The molecule has 138 valence electrons. The van der Waals surface area contributed by atoms with Gasteiger partial charge in [0.15, 0.2) is 6.04 Å². The van der Waals surface area contributed by atoms with Gasteiger partial charge < -0.3 is 10.6 Å². The van der Waals surface area contributed by atoms with Crippen molar-refractivity contribution in [3.63, 3.8) is 0 Å². The number of carbonyl (C=O) groups excluding carboxylic acids is 1. The maximum Gasteiger partial charge on any atom is 0.293 e. The molecule has 0 saturated carbocycles. The Morgan fingerprint density at radius 3 is 2.54 bits per heavy atom. The van der Waals surface area contributed by atoms with Crippen LogP contribution in [0.1, 0.15) is 43.9 Å². The van der Waals surface area contributed by atoms with Crippen LogP contribution in [0.25, 0.3) is 0 Å². The van der Waals surface area contributed by atoms with E-state index in [4.69, 9.17) is 0 Å². The molecule has 0 aliphatic heterocycles. The summed E-state index contributed by atoms with van der Waals surface area (Å²) in [7, 11) is 0. The summed E-state index contributed by atoms with van der Waals surface area (Å²) >= 11 is 0. The lowest BCUT2D eigenvalue weighted by Crippen LogP contribution is -2.91. The molecule has 2 atom stereocenters. The summed E-state index contributed by atoms with van der Waals surface area (Å²) in [5, 5.41) is 16.1. The number of carbonyl (C=O) groups is 1. The molecule has 6 nitrogen and oxygen atoms in total. The van der Waals surface area contributed by atoms with Crippen molar-refractivity contribution in [1.82, 2.24) is 0 Å². The van der Waals surface area contributed by atoms with Gasteiger partial charge in [0.05, 0.1) is 11.0 Å². The predicted molar refractivity (Wildman–Crippen MR) is 102 cm³/mol. The highest BCUT2D eigenvalue weighted by atomic mass is 16.6. The van der Waals surface area contributed by atoms with E-state index in [9.17, 15) is 14.9 Å². The average molecular weight is 356 g/mol. The number of benzene rings is 2. The quantitative estimate of drug-likeness (QED) is 0.561. The molecule has 3 N–H and O–H groups in total. The molecule has 0 bridgehead atoms. The Kier molecular flexibility index (Phi) is 6.86. The SMILES string of the molecule is CCC[C@@H](C)[NH2+][C@@H](C(=O)Nc1ccc(C)cc1[N+](=O)[O-])c1ccccc1. The Hall–Kier alpha value is -2.73. The van der Waals surface area contributed by atoms with E-state index in [-0.39, 0.29) is 23.3 Å². The van der Waals surface area contributed by atoms with E-state index in [2.05, 4.69) is 19.2 Å². The van der Waals surface area contributed by atoms with Crippen molar-refractivity contribution < 1.29 is 15.0 Å². The van der Waals surface area contributed by atoms with Crippen molar-refractivity contribution in [1.29, 1.82) is 0 Å². The molecule has 0 unspecified atom stereocenters. The summed E-state index contributed by atoms with van der Waals surface area (Å²) in [6.45, 7) is 5.98. The van der Waals surface area contributed by atoms with Crippen LogP contribution in [0, 0.1) is 17.0 Å². The standard InChI is InChI=1S/C20H25N3O3/c1-4-8-15(3)21-19(16-9-6-5-7-10-16)20(24)22-17-12-11-14(2)13-18(17)23(25)26/h5-7,9-13,15,19,21H,4,8H2,1-3H3,(H,22,24)/p+1/t15-,19-/m1/s1. The molecule has 0 heterocycles. The first-order chi connectivity index (χ1) is 12.4. The van der Waals surface area contributed by atoms with Gasteiger partial charge in [-0.25, -0.2) is 0 Å². The van der Waals surface area contributed by atoms with Crippen LogP contribution in [-0.4, -0.2) is 16.9 Å². The van der Waals surface area contributed by atoms with Crippen molar-refractivity contribution in [3.8, 4) is 0 Å². The molecular formula is C20H26N3O3+. The first-order valence-electron chi connectivity index (χ1n) is 8.88. The minimum Gasteiger partial charge on any atom is -0.330 e. The lowest BCUT2D eigenvalue weighted by Gasteiger charge is -2.20. The monoisotopic (exact) mass is 356 g/mol. The molecule has 1 amide bonds. The largest absolute Gasteiger partial charge is 0.330 e. The van der Waals surface area contributed by atoms with Crippen LogP contribution < -0.4 is 10.6 Å². The Bertz CT molecular complexity index is 762. The smallest absolute Gasteiger partial charge is 0.293 e. The van der Waals surface area contributed by atoms with Crippen LogP contribution in [0.2, 0.25) is 0 Å². The zero-order valence-corrected chi connectivity index (χ0v) is 15.4. The molecule has 0 spiro atoms. The minimum atomic E-state index is -0.469. The predicted octanol–water partition coefficient (Wildman–Crippen LogP) is 3.34. The van der Waals surface area contributed by atoms with Gasteiger partial charge >= 0.3 is 0 Å². The van der Waals surface area contributed by atoms with Crippen molar-refractivity contribution in [2.75, 3.05) is 5.32 Å². The second kappa shape index (κ2) is 9.10. The van der Waals surface area contributed by atoms with Gasteiger partial charge in [0.1, 0.15) is 5.69 Å². The first kappa shape index (κ1) is 19.6. The zero-order valence-electron chi connectivity index (χ0n) is 15.4. The average Bonchev–Trinajstić information content (AvgIpc) is 2.62. The van der Waals surface area contributed by atoms with Crippen LogP contribution in [-0.2, 0) is 4.79 Å². The summed E-state index contributed by atoms with van der Waals surface area (Å²) < 4.78 is 0. The topological polar surface area (TPSA) is 88.8 Å².